The van der Waals surface area contributed by atoms with Gasteiger partial charge in [-0.05, 0) is 13.3 Å². The van der Waals surface area contributed by atoms with Gasteiger partial charge < -0.3 is 10.6 Å². The first-order valence-corrected chi connectivity index (χ1v) is 4.87. The van der Waals surface area contributed by atoms with E-state index in [0.29, 0.717) is 25.1 Å². The van der Waals surface area contributed by atoms with Gasteiger partial charge in [-0.25, -0.2) is 0 Å². The van der Waals surface area contributed by atoms with Gasteiger partial charge in [-0.3, -0.25) is 9.59 Å². The number of rotatable bonds is 6. The molecule has 0 radical (unpaired) electrons. The predicted octanol–water partition coefficient (Wildman–Crippen LogP) is 0.424. The van der Waals surface area contributed by atoms with Gasteiger partial charge >= 0.3 is 0 Å². The van der Waals surface area contributed by atoms with Gasteiger partial charge in [0.1, 0.15) is 5.88 Å². The fraction of sp³-hybridized carbons (Fsp3) is 0.556. The maximum absolute atomic E-state index is 11.0. The normalized spacial score (nSPS) is 9.29. The molecule has 80 valence electrons. The second-order valence-corrected chi connectivity index (χ2v) is 3.14. The molecule has 0 bridgehead atoms. The highest BCUT2D eigenvalue weighted by Gasteiger charge is 2.00. The third kappa shape index (κ3) is 6.48. The monoisotopic (exact) mass is 218 g/mol. The minimum absolute atomic E-state index is 0.0296. The van der Waals surface area contributed by atoms with Crippen LogP contribution in [0.15, 0.2) is 12.2 Å². The van der Waals surface area contributed by atoms with Crippen LogP contribution in [0.3, 0.4) is 0 Å². The van der Waals surface area contributed by atoms with E-state index in [1.165, 1.54) is 0 Å². The summed E-state index contributed by atoms with van der Waals surface area (Å²) < 4.78 is 0. The van der Waals surface area contributed by atoms with Crippen molar-refractivity contribution in [3.8, 4) is 0 Å². The topological polar surface area (TPSA) is 58.2 Å². The largest absolute Gasteiger partial charge is 0.355 e. The molecule has 0 aromatic carbocycles. The Balaban J connectivity index is 3.34. The zero-order chi connectivity index (χ0) is 11.0. The van der Waals surface area contributed by atoms with Crippen molar-refractivity contribution < 1.29 is 9.59 Å². The van der Waals surface area contributed by atoms with Crippen LogP contribution in [0.4, 0.5) is 0 Å². The Morgan fingerprint density at radius 1 is 1.29 bits per heavy atom. The van der Waals surface area contributed by atoms with Crippen molar-refractivity contribution >= 4 is 23.4 Å². The lowest BCUT2D eigenvalue weighted by Crippen LogP contribution is -2.30. The first kappa shape index (κ1) is 13.0. The van der Waals surface area contributed by atoms with Crippen molar-refractivity contribution in [2.24, 2.45) is 0 Å². The predicted molar refractivity (Wildman–Crippen MR) is 56.2 cm³/mol. The highest BCUT2D eigenvalue weighted by atomic mass is 35.5. The summed E-state index contributed by atoms with van der Waals surface area (Å²) in [4.78, 5) is 21.6. The van der Waals surface area contributed by atoms with Crippen LogP contribution in [-0.4, -0.2) is 30.8 Å². The Morgan fingerprint density at radius 2 is 1.86 bits per heavy atom. The SMILES string of the molecule is C=C(C)C(=O)NCCCNC(=O)CCl. The summed E-state index contributed by atoms with van der Waals surface area (Å²) in [6.07, 6.45) is 0.682. The van der Waals surface area contributed by atoms with Crippen molar-refractivity contribution in [2.75, 3.05) is 19.0 Å². The average molecular weight is 219 g/mol. The number of hydrogen-bond acceptors (Lipinski definition) is 2. The molecule has 0 aliphatic carbocycles. The lowest BCUT2D eigenvalue weighted by atomic mass is 10.3. The highest BCUT2D eigenvalue weighted by Crippen LogP contribution is 1.85. The van der Waals surface area contributed by atoms with E-state index in [0.717, 1.165) is 0 Å². The Bertz CT molecular complexity index is 229. The minimum atomic E-state index is -0.196. The second-order valence-electron chi connectivity index (χ2n) is 2.87. The number of alkyl halides is 1. The van der Waals surface area contributed by atoms with Crippen molar-refractivity contribution in [3.05, 3.63) is 12.2 Å². The number of carbonyl (C=O) groups is 2. The number of amides is 2. The Labute approximate surface area is 88.7 Å². The van der Waals surface area contributed by atoms with E-state index in [1.807, 2.05) is 0 Å². The summed E-state index contributed by atoms with van der Waals surface area (Å²) in [6.45, 7) is 6.18. The lowest BCUT2D eigenvalue weighted by Gasteiger charge is -2.05. The summed E-state index contributed by atoms with van der Waals surface area (Å²) in [7, 11) is 0. The molecule has 0 saturated carbocycles. The van der Waals surface area contributed by atoms with Crippen LogP contribution in [0.1, 0.15) is 13.3 Å². The van der Waals surface area contributed by atoms with E-state index in [2.05, 4.69) is 17.2 Å². The van der Waals surface area contributed by atoms with Gasteiger partial charge in [-0.15, -0.1) is 11.6 Å². The Kier molecular flexibility index (Phi) is 6.84. The van der Waals surface area contributed by atoms with Crippen LogP contribution >= 0.6 is 11.6 Å². The van der Waals surface area contributed by atoms with Crippen LogP contribution in [0, 0.1) is 0 Å². The first-order chi connectivity index (χ1) is 6.57. The second kappa shape index (κ2) is 7.38. The van der Waals surface area contributed by atoms with E-state index in [-0.39, 0.29) is 17.7 Å². The number of halogens is 1. The molecule has 2 N–H and O–H groups in total. The van der Waals surface area contributed by atoms with Gasteiger partial charge in [0.05, 0.1) is 0 Å². The Morgan fingerprint density at radius 3 is 2.36 bits per heavy atom. The van der Waals surface area contributed by atoms with Gasteiger partial charge in [0.25, 0.3) is 0 Å². The summed E-state index contributed by atoms with van der Waals surface area (Å²) in [5.41, 5.74) is 0.481. The van der Waals surface area contributed by atoms with Crippen LogP contribution in [-0.2, 0) is 9.59 Å². The lowest BCUT2D eigenvalue weighted by molar-refractivity contribution is -0.118. The molecule has 2 amide bonds. The van der Waals surface area contributed by atoms with Crippen molar-refractivity contribution in [1.29, 1.82) is 0 Å². The number of nitrogens with one attached hydrogen (secondary N) is 2. The quantitative estimate of drug-likeness (QED) is 0.386. The summed E-state index contributed by atoms with van der Waals surface area (Å²) >= 11 is 5.26. The van der Waals surface area contributed by atoms with Crippen LogP contribution in [0.5, 0.6) is 0 Å². The summed E-state index contributed by atoms with van der Waals surface area (Å²) in [5.74, 6) is -0.385. The van der Waals surface area contributed by atoms with E-state index in [4.69, 9.17) is 11.6 Å². The zero-order valence-corrected chi connectivity index (χ0v) is 8.99. The van der Waals surface area contributed by atoms with Gasteiger partial charge in [-0.1, -0.05) is 6.58 Å². The molecule has 0 rings (SSSR count). The maximum atomic E-state index is 11.0. The van der Waals surface area contributed by atoms with Crippen LogP contribution < -0.4 is 10.6 Å². The van der Waals surface area contributed by atoms with Gasteiger partial charge in [0, 0.05) is 18.7 Å². The molecule has 0 aliphatic rings. The third-order valence-electron chi connectivity index (χ3n) is 1.47. The molecule has 0 atom stereocenters. The molecule has 0 spiro atoms. The van der Waals surface area contributed by atoms with E-state index < -0.39 is 0 Å². The molecule has 0 aromatic heterocycles. The summed E-state index contributed by atoms with van der Waals surface area (Å²) in [5, 5.41) is 5.24. The minimum Gasteiger partial charge on any atom is -0.355 e. The highest BCUT2D eigenvalue weighted by molar-refractivity contribution is 6.27. The molecule has 0 aromatic rings. The van der Waals surface area contributed by atoms with Gasteiger partial charge in [-0.2, -0.15) is 0 Å². The standard InChI is InChI=1S/C9H15ClN2O2/c1-7(2)9(14)12-5-3-4-11-8(13)6-10/h1,3-6H2,2H3,(H,11,13)(H,12,14). The molecule has 4 nitrogen and oxygen atoms in total. The molecular weight excluding hydrogens is 204 g/mol. The average Bonchev–Trinajstić information content (AvgIpc) is 2.16. The van der Waals surface area contributed by atoms with Crippen LogP contribution in [0.25, 0.3) is 0 Å². The van der Waals surface area contributed by atoms with Gasteiger partial charge in [0.2, 0.25) is 11.8 Å². The fourth-order valence-corrected chi connectivity index (χ4v) is 0.811. The smallest absolute Gasteiger partial charge is 0.246 e. The fourth-order valence-electron chi connectivity index (χ4n) is 0.716. The molecule has 0 heterocycles. The molecule has 0 saturated heterocycles. The molecule has 0 aliphatic heterocycles. The van der Waals surface area contributed by atoms with Crippen LogP contribution in [0.2, 0.25) is 0 Å². The zero-order valence-electron chi connectivity index (χ0n) is 8.23. The molecule has 0 fully saturated rings. The molecule has 5 heteroatoms. The van der Waals surface area contributed by atoms with Crippen molar-refractivity contribution in [2.45, 2.75) is 13.3 Å². The summed E-state index contributed by atoms with van der Waals surface area (Å²) in [6, 6.07) is 0. The first-order valence-electron chi connectivity index (χ1n) is 4.34. The van der Waals surface area contributed by atoms with E-state index >= 15 is 0 Å². The molecular formula is C9H15ClN2O2. The number of carbonyl (C=O) groups excluding carboxylic acids is 2. The van der Waals surface area contributed by atoms with E-state index in [1.54, 1.807) is 6.92 Å². The molecule has 0 unspecified atom stereocenters. The van der Waals surface area contributed by atoms with Crippen molar-refractivity contribution in [3.63, 3.8) is 0 Å². The molecule has 14 heavy (non-hydrogen) atoms. The van der Waals surface area contributed by atoms with Crippen molar-refractivity contribution in [1.82, 2.24) is 10.6 Å². The third-order valence-corrected chi connectivity index (χ3v) is 1.71. The maximum Gasteiger partial charge on any atom is 0.246 e. The Hall–Kier alpha value is -1.03. The number of hydrogen-bond donors (Lipinski definition) is 2. The van der Waals surface area contributed by atoms with Gasteiger partial charge in [0.15, 0.2) is 0 Å². The van der Waals surface area contributed by atoms with E-state index in [9.17, 15) is 9.59 Å².